The Balaban J connectivity index is 1.69. The van der Waals surface area contributed by atoms with Crippen LogP contribution in [0.15, 0.2) is 66.2 Å². The van der Waals surface area contributed by atoms with Crippen molar-refractivity contribution < 1.29 is 9.53 Å². The quantitative estimate of drug-likeness (QED) is 0.673. The van der Waals surface area contributed by atoms with Crippen molar-refractivity contribution >= 4 is 17.2 Å². The van der Waals surface area contributed by atoms with Gasteiger partial charge in [-0.15, -0.1) is 11.3 Å². The monoisotopic (exact) mass is 338 g/mol. The standard InChI is InChI=1S/C19H18N2O2S/c1-14(17-9-6-12-24-17)21(2)19(22)15-10-11-18(20-13-15)23-16-7-4-3-5-8-16/h3-14H,1-2H3. The first-order valence-electron chi connectivity index (χ1n) is 7.64. The Morgan fingerprint density at radius 3 is 2.54 bits per heavy atom. The van der Waals surface area contributed by atoms with Crippen molar-refractivity contribution in [2.45, 2.75) is 13.0 Å². The molecule has 0 radical (unpaired) electrons. The molecule has 0 fully saturated rings. The van der Waals surface area contributed by atoms with Crippen LogP contribution in [-0.4, -0.2) is 22.8 Å². The normalized spacial score (nSPS) is 11.8. The molecule has 0 aliphatic rings. The summed E-state index contributed by atoms with van der Waals surface area (Å²) in [4.78, 5) is 19.7. The SMILES string of the molecule is CC(c1cccs1)N(C)C(=O)c1ccc(Oc2ccccc2)nc1. The summed E-state index contributed by atoms with van der Waals surface area (Å²) in [5.41, 5.74) is 0.543. The summed E-state index contributed by atoms with van der Waals surface area (Å²) in [6.45, 7) is 2.02. The van der Waals surface area contributed by atoms with Gasteiger partial charge in [-0.05, 0) is 36.6 Å². The number of nitrogens with zero attached hydrogens (tertiary/aromatic N) is 2. The Morgan fingerprint density at radius 1 is 1.12 bits per heavy atom. The maximum Gasteiger partial charge on any atom is 0.255 e. The van der Waals surface area contributed by atoms with Crippen LogP contribution in [0.25, 0.3) is 0 Å². The lowest BCUT2D eigenvalue weighted by molar-refractivity contribution is 0.0744. The van der Waals surface area contributed by atoms with Crippen LogP contribution < -0.4 is 4.74 Å². The Hall–Kier alpha value is -2.66. The molecule has 2 aromatic heterocycles. The molecule has 24 heavy (non-hydrogen) atoms. The van der Waals surface area contributed by atoms with Gasteiger partial charge in [0.05, 0.1) is 11.6 Å². The van der Waals surface area contributed by atoms with E-state index in [0.29, 0.717) is 17.2 Å². The molecule has 1 atom stereocenters. The van der Waals surface area contributed by atoms with Crippen molar-refractivity contribution in [3.05, 3.63) is 76.6 Å². The summed E-state index contributed by atoms with van der Waals surface area (Å²) in [6.07, 6.45) is 1.55. The van der Waals surface area contributed by atoms with E-state index in [1.165, 1.54) is 0 Å². The number of benzene rings is 1. The van der Waals surface area contributed by atoms with Gasteiger partial charge in [-0.3, -0.25) is 4.79 Å². The molecule has 0 saturated carbocycles. The van der Waals surface area contributed by atoms with Gasteiger partial charge in [0, 0.05) is 24.2 Å². The number of para-hydroxylation sites is 1. The number of thiophene rings is 1. The largest absolute Gasteiger partial charge is 0.439 e. The van der Waals surface area contributed by atoms with E-state index in [2.05, 4.69) is 4.98 Å². The predicted octanol–water partition coefficient (Wildman–Crippen LogP) is 4.77. The number of pyridine rings is 1. The van der Waals surface area contributed by atoms with E-state index in [0.717, 1.165) is 4.88 Å². The first kappa shape index (κ1) is 16.2. The molecule has 1 unspecified atom stereocenters. The number of carbonyl (C=O) groups is 1. The molecule has 0 bridgehead atoms. The van der Waals surface area contributed by atoms with E-state index in [9.17, 15) is 4.79 Å². The lowest BCUT2D eigenvalue weighted by Gasteiger charge is -2.24. The highest BCUT2D eigenvalue weighted by Gasteiger charge is 2.19. The zero-order valence-electron chi connectivity index (χ0n) is 13.5. The second-order valence-electron chi connectivity index (χ2n) is 5.41. The van der Waals surface area contributed by atoms with E-state index in [4.69, 9.17) is 4.74 Å². The van der Waals surface area contributed by atoms with Crippen molar-refractivity contribution in [3.63, 3.8) is 0 Å². The summed E-state index contributed by atoms with van der Waals surface area (Å²) in [5, 5.41) is 2.02. The Morgan fingerprint density at radius 2 is 1.92 bits per heavy atom. The number of carbonyl (C=O) groups excluding carboxylic acids is 1. The van der Waals surface area contributed by atoms with E-state index < -0.39 is 0 Å². The predicted molar refractivity (Wildman–Crippen MR) is 95.6 cm³/mol. The molecular formula is C19H18N2O2S. The van der Waals surface area contributed by atoms with Gasteiger partial charge in [0.1, 0.15) is 5.75 Å². The van der Waals surface area contributed by atoms with Crippen LogP contribution in [0.3, 0.4) is 0 Å². The molecule has 2 heterocycles. The van der Waals surface area contributed by atoms with Gasteiger partial charge in [-0.2, -0.15) is 0 Å². The van der Waals surface area contributed by atoms with Crippen molar-refractivity contribution in [1.82, 2.24) is 9.88 Å². The van der Waals surface area contributed by atoms with Crippen molar-refractivity contribution in [3.8, 4) is 11.6 Å². The van der Waals surface area contributed by atoms with Gasteiger partial charge in [0.25, 0.3) is 5.91 Å². The summed E-state index contributed by atoms with van der Waals surface area (Å²) >= 11 is 1.65. The third-order valence-electron chi connectivity index (χ3n) is 3.81. The molecule has 4 nitrogen and oxygen atoms in total. The molecule has 3 rings (SSSR count). The number of hydrogen-bond donors (Lipinski definition) is 0. The van der Waals surface area contributed by atoms with Gasteiger partial charge in [-0.25, -0.2) is 4.98 Å². The maximum absolute atomic E-state index is 12.6. The Bertz CT molecular complexity index is 786. The second kappa shape index (κ2) is 7.27. The number of rotatable bonds is 5. The van der Waals surface area contributed by atoms with Crippen LogP contribution in [0, 0.1) is 0 Å². The van der Waals surface area contributed by atoms with E-state index in [1.807, 2.05) is 54.8 Å². The summed E-state index contributed by atoms with van der Waals surface area (Å²) in [7, 11) is 1.81. The van der Waals surface area contributed by atoms with Crippen molar-refractivity contribution in [1.29, 1.82) is 0 Å². The third kappa shape index (κ3) is 3.63. The smallest absolute Gasteiger partial charge is 0.255 e. The fourth-order valence-electron chi connectivity index (χ4n) is 2.28. The minimum atomic E-state index is -0.0605. The van der Waals surface area contributed by atoms with Crippen LogP contribution >= 0.6 is 11.3 Å². The molecule has 5 heteroatoms. The van der Waals surface area contributed by atoms with E-state index in [1.54, 1.807) is 41.6 Å². The molecule has 3 aromatic rings. The zero-order chi connectivity index (χ0) is 16.9. The van der Waals surface area contributed by atoms with Crippen LogP contribution in [0.5, 0.6) is 11.6 Å². The Labute approximate surface area is 145 Å². The first-order chi connectivity index (χ1) is 11.6. The van der Waals surface area contributed by atoms with E-state index >= 15 is 0 Å². The molecular weight excluding hydrogens is 320 g/mol. The minimum Gasteiger partial charge on any atom is -0.439 e. The summed E-state index contributed by atoms with van der Waals surface area (Å²) in [6, 6.07) is 16.9. The molecule has 1 amide bonds. The number of hydrogen-bond acceptors (Lipinski definition) is 4. The maximum atomic E-state index is 12.6. The van der Waals surface area contributed by atoms with Crippen molar-refractivity contribution in [2.24, 2.45) is 0 Å². The second-order valence-corrected chi connectivity index (χ2v) is 6.39. The molecule has 122 valence electrons. The highest BCUT2D eigenvalue weighted by molar-refractivity contribution is 7.10. The van der Waals surface area contributed by atoms with Gasteiger partial charge >= 0.3 is 0 Å². The fourth-order valence-corrected chi connectivity index (χ4v) is 3.10. The molecule has 0 saturated heterocycles. The third-order valence-corrected chi connectivity index (χ3v) is 4.85. The summed E-state index contributed by atoms with van der Waals surface area (Å²) < 4.78 is 5.65. The first-order valence-corrected chi connectivity index (χ1v) is 8.52. The average Bonchev–Trinajstić information content (AvgIpc) is 3.16. The van der Waals surface area contributed by atoms with E-state index in [-0.39, 0.29) is 11.9 Å². The number of aromatic nitrogens is 1. The lowest BCUT2D eigenvalue weighted by Crippen LogP contribution is -2.29. The fraction of sp³-hybridized carbons (Fsp3) is 0.158. The number of amides is 1. The highest BCUT2D eigenvalue weighted by Crippen LogP contribution is 2.25. The molecule has 0 N–H and O–H groups in total. The highest BCUT2D eigenvalue weighted by atomic mass is 32.1. The lowest BCUT2D eigenvalue weighted by atomic mass is 10.2. The van der Waals surface area contributed by atoms with Crippen LogP contribution in [-0.2, 0) is 0 Å². The minimum absolute atomic E-state index is 0.0257. The average molecular weight is 338 g/mol. The van der Waals surface area contributed by atoms with Gasteiger partial charge in [-0.1, -0.05) is 24.3 Å². The van der Waals surface area contributed by atoms with Gasteiger partial charge in [0.15, 0.2) is 0 Å². The topological polar surface area (TPSA) is 42.4 Å². The Kier molecular flexibility index (Phi) is 4.91. The van der Waals surface area contributed by atoms with Crippen LogP contribution in [0.4, 0.5) is 0 Å². The summed E-state index contributed by atoms with van der Waals surface area (Å²) in [5.74, 6) is 1.12. The number of ether oxygens (including phenoxy) is 1. The molecule has 0 spiro atoms. The van der Waals surface area contributed by atoms with Crippen LogP contribution in [0.1, 0.15) is 28.2 Å². The van der Waals surface area contributed by atoms with Gasteiger partial charge in [0.2, 0.25) is 5.88 Å². The molecule has 0 aliphatic carbocycles. The molecule has 1 aromatic carbocycles. The molecule has 0 aliphatic heterocycles. The van der Waals surface area contributed by atoms with Gasteiger partial charge < -0.3 is 9.64 Å². The zero-order valence-corrected chi connectivity index (χ0v) is 14.4. The van der Waals surface area contributed by atoms with Crippen molar-refractivity contribution in [2.75, 3.05) is 7.05 Å². The van der Waals surface area contributed by atoms with Crippen LogP contribution in [0.2, 0.25) is 0 Å².